The van der Waals surface area contributed by atoms with Gasteiger partial charge < -0.3 is 10.5 Å². The number of unbranched alkanes of at least 4 members (excludes halogenated alkanes) is 3. The maximum atomic E-state index is 5.65. The standard InChI is InChI=1S/C14H23NO/c1-2-3-4-5-12-16-14-8-6-13(7-9-14)10-11-15/h6-9H,2-5,10-12,15H2,1H3. The average molecular weight is 221 g/mol. The van der Waals surface area contributed by atoms with Crippen molar-refractivity contribution in [3.8, 4) is 5.75 Å². The summed E-state index contributed by atoms with van der Waals surface area (Å²) in [6.07, 6.45) is 5.93. The summed E-state index contributed by atoms with van der Waals surface area (Å²) < 4.78 is 5.65. The van der Waals surface area contributed by atoms with Crippen molar-refractivity contribution in [3.63, 3.8) is 0 Å². The Balaban J connectivity index is 2.21. The van der Waals surface area contributed by atoms with Crippen molar-refractivity contribution >= 4 is 0 Å². The zero-order chi connectivity index (χ0) is 11.6. The Morgan fingerprint density at radius 3 is 2.44 bits per heavy atom. The van der Waals surface area contributed by atoms with Gasteiger partial charge in [-0.25, -0.2) is 0 Å². The van der Waals surface area contributed by atoms with E-state index in [4.69, 9.17) is 10.5 Å². The molecule has 0 amide bonds. The van der Waals surface area contributed by atoms with Gasteiger partial charge in [0.2, 0.25) is 0 Å². The third kappa shape index (κ3) is 5.17. The molecule has 2 nitrogen and oxygen atoms in total. The molecular weight excluding hydrogens is 198 g/mol. The van der Waals surface area contributed by atoms with E-state index in [-0.39, 0.29) is 0 Å². The van der Waals surface area contributed by atoms with Crippen LogP contribution in [0, 0.1) is 0 Å². The molecule has 0 heterocycles. The van der Waals surface area contributed by atoms with Crippen LogP contribution in [0.2, 0.25) is 0 Å². The molecule has 0 atom stereocenters. The molecular formula is C14H23NO. The van der Waals surface area contributed by atoms with E-state index >= 15 is 0 Å². The summed E-state index contributed by atoms with van der Waals surface area (Å²) in [5.41, 5.74) is 6.77. The molecule has 0 bridgehead atoms. The quantitative estimate of drug-likeness (QED) is 0.684. The first-order valence-electron chi connectivity index (χ1n) is 6.28. The van der Waals surface area contributed by atoms with E-state index in [9.17, 15) is 0 Å². The molecule has 1 rings (SSSR count). The van der Waals surface area contributed by atoms with Gasteiger partial charge in [-0.15, -0.1) is 0 Å². The van der Waals surface area contributed by atoms with E-state index in [2.05, 4.69) is 19.1 Å². The van der Waals surface area contributed by atoms with Crippen molar-refractivity contribution < 1.29 is 4.74 Å². The Bertz CT molecular complexity index is 269. The van der Waals surface area contributed by atoms with Gasteiger partial charge in [-0.3, -0.25) is 0 Å². The second-order valence-corrected chi connectivity index (χ2v) is 4.09. The fraction of sp³-hybridized carbons (Fsp3) is 0.571. The molecule has 2 N–H and O–H groups in total. The normalized spacial score (nSPS) is 10.4. The highest BCUT2D eigenvalue weighted by molar-refractivity contribution is 5.27. The predicted octanol–water partition coefficient (Wildman–Crippen LogP) is 3.15. The van der Waals surface area contributed by atoms with Gasteiger partial charge in [-0.05, 0) is 37.1 Å². The number of rotatable bonds is 8. The van der Waals surface area contributed by atoms with Crippen molar-refractivity contribution in [1.82, 2.24) is 0 Å². The summed E-state index contributed by atoms with van der Waals surface area (Å²) in [6.45, 7) is 3.75. The molecule has 0 saturated heterocycles. The van der Waals surface area contributed by atoms with E-state index in [1.165, 1.54) is 24.8 Å². The highest BCUT2D eigenvalue weighted by Crippen LogP contribution is 2.13. The van der Waals surface area contributed by atoms with Gasteiger partial charge >= 0.3 is 0 Å². The summed E-state index contributed by atoms with van der Waals surface area (Å²) in [6, 6.07) is 8.25. The predicted molar refractivity (Wildman–Crippen MR) is 68.8 cm³/mol. The molecule has 0 unspecified atom stereocenters. The van der Waals surface area contributed by atoms with Crippen LogP contribution in [0.1, 0.15) is 38.2 Å². The number of benzene rings is 1. The fourth-order valence-corrected chi connectivity index (χ4v) is 1.64. The molecule has 0 aliphatic heterocycles. The molecule has 0 aliphatic rings. The Morgan fingerprint density at radius 1 is 1.06 bits per heavy atom. The molecule has 0 aliphatic carbocycles. The zero-order valence-corrected chi connectivity index (χ0v) is 10.2. The zero-order valence-electron chi connectivity index (χ0n) is 10.2. The number of nitrogens with two attached hydrogens (primary N) is 1. The Labute approximate surface area is 98.8 Å². The highest BCUT2D eigenvalue weighted by Gasteiger charge is 1.95. The minimum Gasteiger partial charge on any atom is -0.494 e. The van der Waals surface area contributed by atoms with Crippen LogP contribution in [0.5, 0.6) is 5.75 Å². The van der Waals surface area contributed by atoms with Crippen LogP contribution >= 0.6 is 0 Å². The van der Waals surface area contributed by atoms with E-state index in [1.807, 2.05) is 12.1 Å². The molecule has 0 spiro atoms. The van der Waals surface area contributed by atoms with Gasteiger partial charge in [0.15, 0.2) is 0 Å². The van der Waals surface area contributed by atoms with Gasteiger partial charge in [0.05, 0.1) is 6.61 Å². The first-order valence-corrected chi connectivity index (χ1v) is 6.28. The van der Waals surface area contributed by atoms with Crippen molar-refractivity contribution in [2.45, 2.75) is 39.0 Å². The molecule has 0 radical (unpaired) electrons. The summed E-state index contributed by atoms with van der Waals surface area (Å²) in [5, 5.41) is 0. The van der Waals surface area contributed by atoms with Gasteiger partial charge in [0, 0.05) is 0 Å². The minimum atomic E-state index is 0.706. The highest BCUT2D eigenvalue weighted by atomic mass is 16.5. The Morgan fingerprint density at radius 2 is 1.81 bits per heavy atom. The second kappa shape index (κ2) is 8.17. The first kappa shape index (κ1) is 13.0. The van der Waals surface area contributed by atoms with Gasteiger partial charge in [-0.2, -0.15) is 0 Å². The maximum absolute atomic E-state index is 5.65. The van der Waals surface area contributed by atoms with Crippen LogP contribution in [0.15, 0.2) is 24.3 Å². The van der Waals surface area contributed by atoms with Crippen LogP contribution in [0.3, 0.4) is 0 Å². The van der Waals surface area contributed by atoms with E-state index in [1.54, 1.807) is 0 Å². The SMILES string of the molecule is CCCCCCOc1ccc(CCN)cc1. The summed E-state index contributed by atoms with van der Waals surface area (Å²) in [4.78, 5) is 0. The number of ether oxygens (including phenoxy) is 1. The number of hydrogen-bond donors (Lipinski definition) is 1. The molecule has 2 heteroatoms. The van der Waals surface area contributed by atoms with Gasteiger partial charge in [0.1, 0.15) is 5.75 Å². The van der Waals surface area contributed by atoms with Crippen molar-refractivity contribution in [2.75, 3.05) is 13.2 Å². The molecule has 1 aromatic rings. The Hall–Kier alpha value is -1.02. The lowest BCUT2D eigenvalue weighted by Crippen LogP contribution is -2.02. The smallest absolute Gasteiger partial charge is 0.119 e. The van der Waals surface area contributed by atoms with Gasteiger partial charge in [-0.1, -0.05) is 38.3 Å². The van der Waals surface area contributed by atoms with Crippen LogP contribution < -0.4 is 10.5 Å². The topological polar surface area (TPSA) is 35.2 Å². The van der Waals surface area contributed by atoms with Gasteiger partial charge in [0.25, 0.3) is 0 Å². The number of hydrogen-bond acceptors (Lipinski definition) is 2. The van der Waals surface area contributed by atoms with E-state index < -0.39 is 0 Å². The van der Waals surface area contributed by atoms with Crippen LogP contribution in [0.25, 0.3) is 0 Å². The lowest BCUT2D eigenvalue weighted by molar-refractivity contribution is 0.305. The van der Waals surface area contributed by atoms with E-state index in [0.717, 1.165) is 25.2 Å². The first-order chi connectivity index (χ1) is 7.86. The summed E-state index contributed by atoms with van der Waals surface area (Å²) in [5.74, 6) is 0.970. The third-order valence-corrected chi connectivity index (χ3v) is 2.62. The summed E-state index contributed by atoms with van der Waals surface area (Å²) >= 11 is 0. The largest absolute Gasteiger partial charge is 0.494 e. The van der Waals surface area contributed by atoms with Crippen molar-refractivity contribution in [3.05, 3.63) is 29.8 Å². The monoisotopic (exact) mass is 221 g/mol. The lowest BCUT2D eigenvalue weighted by atomic mass is 10.1. The average Bonchev–Trinajstić information content (AvgIpc) is 2.31. The molecule has 0 aromatic heterocycles. The maximum Gasteiger partial charge on any atom is 0.119 e. The molecule has 1 aromatic carbocycles. The van der Waals surface area contributed by atoms with Crippen LogP contribution in [0.4, 0.5) is 0 Å². The third-order valence-electron chi connectivity index (χ3n) is 2.62. The van der Waals surface area contributed by atoms with Crippen molar-refractivity contribution in [1.29, 1.82) is 0 Å². The molecule has 90 valence electrons. The Kier molecular flexibility index (Phi) is 6.66. The second-order valence-electron chi connectivity index (χ2n) is 4.09. The fourth-order valence-electron chi connectivity index (χ4n) is 1.64. The minimum absolute atomic E-state index is 0.706. The van der Waals surface area contributed by atoms with E-state index in [0.29, 0.717) is 6.54 Å². The molecule has 0 fully saturated rings. The van der Waals surface area contributed by atoms with Crippen LogP contribution in [-0.4, -0.2) is 13.2 Å². The molecule has 16 heavy (non-hydrogen) atoms. The lowest BCUT2D eigenvalue weighted by Gasteiger charge is -2.06. The van der Waals surface area contributed by atoms with Crippen molar-refractivity contribution in [2.24, 2.45) is 5.73 Å². The molecule has 0 saturated carbocycles. The van der Waals surface area contributed by atoms with Crippen LogP contribution in [-0.2, 0) is 6.42 Å². The summed E-state index contributed by atoms with van der Waals surface area (Å²) in [7, 11) is 0.